The summed E-state index contributed by atoms with van der Waals surface area (Å²) < 4.78 is 0. The van der Waals surface area contributed by atoms with E-state index in [1.807, 2.05) is 42.4 Å². The highest BCUT2D eigenvalue weighted by molar-refractivity contribution is 5.83. The van der Waals surface area contributed by atoms with Crippen molar-refractivity contribution in [3.05, 3.63) is 36.0 Å². The number of carboxylic acid groups (broad SMARTS) is 1. The van der Waals surface area contributed by atoms with E-state index in [9.17, 15) is 4.79 Å². The van der Waals surface area contributed by atoms with Crippen LogP contribution in [-0.2, 0) is 11.3 Å². The van der Waals surface area contributed by atoms with E-state index >= 15 is 0 Å². The van der Waals surface area contributed by atoms with Crippen LogP contribution < -0.4 is 5.73 Å². The zero-order chi connectivity index (χ0) is 13.1. The van der Waals surface area contributed by atoms with Crippen molar-refractivity contribution in [1.29, 1.82) is 0 Å². The second-order valence-corrected chi connectivity index (χ2v) is 4.50. The molecular weight excluding hydrogens is 230 g/mol. The fraction of sp³-hybridized carbons (Fsp3) is 0.308. The predicted octanol–water partition coefficient (Wildman–Crippen LogP) is 1.01. The molecule has 4 N–H and O–H groups in total. The van der Waals surface area contributed by atoms with Gasteiger partial charge in [0.05, 0.1) is 0 Å². The molecule has 0 saturated carbocycles. The van der Waals surface area contributed by atoms with Crippen molar-refractivity contribution in [2.45, 2.75) is 12.6 Å². The highest BCUT2D eigenvalue weighted by Gasteiger charge is 2.15. The van der Waals surface area contributed by atoms with Crippen LogP contribution in [0.2, 0.25) is 0 Å². The molecule has 0 spiro atoms. The van der Waals surface area contributed by atoms with Crippen molar-refractivity contribution < 1.29 is 9.90 Å². The average Bonchev–Trinajstić information content (AvgIpc) is 2.72. The number of aliphatic carboxylic acids is 1. The van der Waals surface area contributed by atoms with Crippen LogP contribution in [0.15, 0.2) is 30.5 Å². The molecule has 2 rings (SSSR count). The Balaban J connectivity index is 2.07. The van der Waals surface area contributed by atoms with Gasteiger partial charge in [0.2, 0.25) is 0 Å². The highest BCUT2D eigenvalue weighted by atomic mass is 16.4. The van der Waals surface area contributed by atoms with E-state index in [4.69, 9.17) is 10.8 Å². The Bertz CT molecular complexity index is 550. The maximum Gasteiger partial charge on any atom is 0.321 e. The molecule has 0 amide bonds. The van der Waals surface area contributed by atoms with Crippen molar-refractivity contribution >= 4 is 16.9 Å². The van der Waals surface area contributed by atoms with Crippen molar-refractivity contribution in [1.82, 2.24) is 9.88 Å². The number of H-pyrrole nitrogens is 1. The van der Waals surface area contributed by atoms with Crippen LogP contribution >= 0.6 is 0 Å². The number of rotatable bonds is 5. The molecule has 1 heterocycles. The second-order valence-electron chi connectivity index (χ2n) is 4.50. The van der Waals surface area contributed by atoms with E-state index in [1.54, 1.807) is 0 Å². The number of para-hydroxylation sites is 1. The topological polar surface area (TPSA) is 82.3 Å². The number of nitrogens with one attached hydrogen (secondary N) is 1. The van der Waals surface area contributed by atoms with E-state index in [0.717, 1.165) is 16.5 Å². The fourth-order valence-corrected chi connectivity index (χ4v) is 2.03. The fourth-order valence-electron chi connectivity index (χ4n) is 2.03. The quantitative estimate of drug-likeness (QED) is 0.736. The summed E-state index contributed by atoms with van der Waals surface area (Å²) in [4.78, 5) is 15.8. The number of hydrogen-bond donors (Lipinski definition) is 3. The maximum absolute atomic E-state index is 10.7. The molecule has 0 saturated heterocycles. The van der Waals surface area contributed by atoms with Crippen LogP contribution in [0.3, 0.4) is 0 Å². The van der Waals surface area contributed by atoms with Crippen molar-refractivity contribution in [2.24, 2.45) is 5.73 Å². The van der Waals surface area contributed by atoms with E-state index in [0.29, 0.717) is 13.1 Å². The zero-order valence-corrected chi connectivity index (χ0v) is 10.3. The third-order valence-electron chi connectivity index (χ3n) is 2.94. The molecule has 0 aliphatic heterocycles. The standard InChI is InChI=1S/C13H17N3O2/c1-16(8-11(14)13(17)18)7-9-6-15-12-5-3-2-4-10(9)12/h2-6,11,15H,7-8,14H2,1H3,(H,17,18). The number of likely N-dealkylation sites (N-methyl/N-ethyl adjacent to an activating group) is 1. The van der Waals surface area contributed by atoms with Gasteiger partial charge in [-0.15, -0.1) is 0 Å². The van der Waals surface area contributed by atoms with E-state index in [-0.39, 0.29) is 0 Å². The van der Waals surface area contributed by atoms with Gasteiger partial charge in [0.15, 0.2) is 0 Å². The molecule has 2 aromatic rings. The predicted molar refractivity (Wildman–Crippen MR) is 70.2 cm³/mol. The molecule has 1 atom stereocenters. The minimum Gasteiger partial charge on any atom is -0.480 e. The number of hydrogen-bond acceptors (Lipinski definition) is 3. The van der Waals surface area contributed by atoms with E-state index in [1.165, 1.54) is 0 Å². The van der Waals surface area contributed by atoms with Gasteiger partial charge < -0.3 is 15.8 Å². The summed E-state index contributed by atoms with van der Waals surface area (Å²) in [5, 5.41) is 9.93. The van der Waals surface area contributed by atoms with Gasteiger partial charge in [-0.3, -0.25) is 9.69 Å². The number of aromatic amines is 1. The first-order valence-corrected chi connectivity index (χ1v) is 5.80. The summed E-state index contributed by atoms with van der Waals surface area (Å²) in [5.41, 5.74) is 7.74. The molecule has 0 aliphatic rings. The van der Waals surface area contributed by atoms with Crippen LogP contribution in [0.25, 0.3) is 10.9 Å². The lowest BCUT2D eigenvalue weighted by molar-refractivity contribution is -0.138. The van der Waals surface area contributed by atoms with Crippen molar-refractivity contribution in [3.63, 3.8) is 0 Å². The number of fused-ring (bicyclic) bond motifs is 1. The van der Waals surface area contributed by atoms with Gasteiger partial charge in [-0.25, -0.2) is 0 Å². The number of aromatic nitrogens is 1. The monoisotopic (exact) mass is 247 g/mol. The van der Waals surface area contributed by atoms with Crippen molar-refractivity contribution in [2.75, 3.05) is 13.6 Å². The van der Waals surface area contributed by atoms with Crippen molar-refractivity contribution in [3.8, 4) is 0 Å². The number of carbonyl (C=O) groups is 1. The van der Waals surface area contributed by atoms with Crippen LogP contribution in [0.1, 0.15) is 5.56 Å². The first kappa shape index (κ1) is 12.6. The van der Waals surface area contributed by atoms with Gasteiger partial charge in [-0.1, -0.05) is 18.2 Å². The third-order valence-corrected chi connectivity index (χ3v) is 2.94. The second kappa shape index (κ2) is 5.20. The molecular formula is C13H17N3O2. The number of nitrogens with two attached hydrogens (primary N) is 1. The van der Waals surface area contributed by atoms with Gasteiger partial charge >= 0.3 is 5.97 Å². The maximum atomic E-state index is 10.7. The molecule has 5 heteroatoms. The molecule has 5 nitrogen and oxygen atoms in total. The first-order chi connectivity index (χ1) is 8.58. The molecule has 1 aromatic heterocycles. The smallest absolute Gasteiger partial charge is 0.321 e. The SMILES string of the molecule is CN(Cc1c[nH]c2ccccc12)CC(N)C(=O)O. The van der Waals surface area contributed by atoms with E-state index in [2.05, 4.69) is 4.98 Å². The first-order valence-electron chi connectivity index (χ1n) is 5.80. The number of carboxylic acids is 1. The summed E-state index contributed by atoms with van der Waals surface area (Å²) in [6.07, 6.45) is 1.95. The molecule has 0 fully saturated rings. The van der Waals surface area contributed by atoms with E-state index < -0.39 is 12.0 Å². The van der Waals surface area contributed by atoms with Gasteiger partial charge in [0.25, 0.3) is 0 Å². The minimum absolute atomic E-state index is 0.328. The molecule has 1 aromatic carbocycles. The van der Waals surface area contributed by atoms with Gasteiger partial charge in [0, 0.05) is 30.2 Å². The lowest BCUT2D eigenvalue weighted by Gasteiger charge is -2.18. The van der Waals surface area contributed by atoms with Gasteiger partial charge in [0.1, 0.15) is 6.04 Å². The molecule has 18 heavy (non-hydrogen) atoms. The largest absolute Gasteiger partial charge is 0.480 e. The normalized spacial score (nSPS) is 13.1. The Kier molecular flexibility index (Phi) is 3.64. The Hall–Kier alpha value is -1.85. The summed E-state index contributed by atoms with van der Waals surface area (Å²) in [5.74, 6) is -0.972. The lowest BCUT2D eigenvalue weighted by Crippen LogP contribution is -2.40. The molecule has 0 aliphatic carbocycles. The van der Waals surface area contributed by atoms with Gasteiger partial charge in [-0.05, 0) is 18.7 Å². The van der Waals surface area contributed by atoms with Crippen LogP contribution in [0.5, 0.6) is 0 Å². The summed E-state index contributed by atoms with van der Waals surface area (Å²) in [7, 11) is 1.87. The molecule has 0 bridgehead atoms. The van der Waals surface area contributed by atoms with Gasteiger partial charge in [-0.2, -0.15) is 0 Å². The summed E-state index contributed by atoms with van der Waals surface area (Å²) in [6.45, 7) is 1.000. The summed E-state index contributed by atoms with van der Waals surface area (Å²) >= 11 is 0. The van der Waals surface area contributed by atoms with Crippen LogP contribution in [-0.4, -0.2) is 40.6 Å². The minimum atomic E-state index is -0.972. The highest BCUT2D eigenvalue weighted by Crippen LogP contribution is 2.18. The number of benzene rings is 1. The number of nitrogens with zero attached hydrogens (tertiary/aromatic N) is 1. The summed E-state index contributed by atoms with van der Waals surface area (Å²) in [6, 6.07) is 7.18. The Morgan fingerprint density at radius 2 is 2.22 bits per heavy atom. The van der Waals surface area contributed by atoms with Crippen LogP contribution in [0.4, 0.5) is 0 Å². The molecule has 1 unspecified atom stereocenters. The van der Waals surface area contributed by atoms with Crippen LogP contribution in [0, 0.1) is 0 Å². The third kappa shape index (κ3) is 2.69. The molecule has 0 radical (unpaired) electrons. The lowest BCUT2D eigenvalue weighted by atomic mass is 10.1. The Morgan fingerprint density at radius 3 is 2.94 bits per heavy atom. The molecule has 96 valence electrons. The zero-order valence-electron chi connectivity index (χ0n) is 10.3. The Morgan fingerprint density at radius 1 is 1.50 bits per heavy atom. The average molecular weight is 247 g/mol. The Labute approximate surface area is 105 Å².